The number of rotatable bonds is 19. The summed E-state index contributed by atoms with van der Waals surface area (Å²) in [5.74, 6) is 0. The summed E-state index contributed by atoms with van der Waals surface area (Å²) < 4.78 is 43.8. The van der Waals surface area contributed by atoms with Gasteiger partial charge < -0.3 is 19.0 Å². The van der Waals surface area contributed by atoms with Gasteiger partial charge in [-0.1, -0.05) is 174 Å². The number of carbonyl (C=O) groups is 4. The van der Waals surface area contributed by atoms with Crippen LogP contribution in [0.1, 0.15) is 80.1 Å². The molecule has 0 bridgehead atoms. The van der Waals surface area contributed by atoms with Crippen molar-refractivity contribution in [2.45, 2.75) is 39.7 Å². The lowest BCUT2D eigenvalue weighted by Crippen LogP contribution is -2.27. The fourth-order valence-electron chi connectivity index (χ4n) is 7.10. The maximum Gasteiger partial charge on any atom is 0.407 e. The highest BCUT2D eigenvalue weighted by molar-refractivity contribution is 7.92. The molecule has 6 aromatic carbocycles. The summed E-state index contributed by atoms with van der Waals surface area (Å²) in [6.45, 7) is 4.49. The molecule has 7 rings (SSSR count). The number of aryl methyl sites for hydroxylation is 1. The molecule has 1 heterocycles. The van der Waals surface area contributed by atoms with E-state index in [0.717, 1.165) is 16.4 Å². The molecule has 0 saturated carbocycles. The third-order valence-electron chi connectivity index (χ3n) is 10.4. The van der Waals surface area contributed by atoms with Crippen LogP contribution in [-0.2, 0) is 24.9 Å². The summed E-state index contributed by atoms with van der Waals surface area (Å²) in [6.07, 6.45) is 0.970. The normalized spacial score (nSPS) is 12.6. The Morgan fingerprint density at radius 2 is 0.953 bits per heavy atom. The van der Waals surface area contributed by atoms with E-state index in [1.165, 1.54) is 97.1 Å². The van der Waals surface area contributed by atoms with Crippen molar-refractivity contribution in [1.82, 2.24) is 4.57 Å². The number of carbonyl (C=O) groups excluding carboxylic acids is 4. The number of fused-ring (bicyclic) bond motifs is 3. The molecule has 0 saturated heterocycles. The molecule has 15 heteroatoms. The van der Waals surface area contributed by atoms with Gasteiger partial charge in [-0.05, 0) is 38.0 Å². The number of benzene rings is 6. The minimum atomic E-state index is -5.21. The Hall–Kier alpha value is -7.33. The van der Waals surface area contributed by atoms with E-state index in [2.05, 4.69) is 20.0 Å². The Bertz CT molecular complexity index is 2950. The van der Waals surface area contributed by atoms with Crippen molar-refractivity contribution < 1.29 is 42.8 Å². The van der Waals surface area contributed by atoms with Crippen LogP contribution in [0.5, 0.6) is 0 Å². The molecule has 7 aromatic rings. The maximum atomic E-state index is 15.1. The Balaban J connectivity index is 1.49. The fourth-order valence-corrected chi connectivity index (χ4v) is 10.1. The number of nitrogens with zero attached hydrogens (tertiary/aromatic N) is 4. The number of unbranched alkanes of at least 4 members (excludes halogenated alkanes) is 1. The standard InChI is InChI=1S/C49H42N4O9P2/c1-3-5-29-41(50-58)45(52-62-64(60,48(56)36-24-14-8-15-25-36)49(57)37-26-16-9-17-27-37)44(38-31-32-43-40(33-38)39-28-18-19-30-42(39)53(43)4-2)51-61-63(59,46(54)34-20-10-6-11-21-34)47(55)35-22-12-7-13-23-35/h6-28,30-33,58H,3-5,29H2,1-2H3/b50-41+,51-44+,52-45+. The predicted molar refractivity (Wildman–Crippen MR) is 248 cm³/mol. The van der Waals surface area contributed by atoms with Crippen LogP contribution in [0.4, 0.5) is 0 Å². The number of hydrogen-bond acceptors (Lipinski definition) is 12. The molecule has 0 fully saturated rings. The highest BCUT2D eigenvalue weighted by Crippen LogP contribution is 2.55. The van der Waals surface area contributed by atoms with E-state index in [0.29, 0.717) is 24.8 Å². The van der Waals surface area contributed by atoms with Crippen LogP contribution in [0.2, 0.25) is 0 Å². The van der Waals surface area contributed by atoms with Gasteiger partial charge in [-0.15, -0.1) is 0 Å². The summed E-state index contributed by atoms with van der Waals surface area (Å²) in [4.78, 5) is 56.9. The summed E-state index contributed by atoms with van der Waals surface area (Å²) in [5, 5.41) is 24.2. The van der Waals surface area contributed by atoms with E-state index in [4.69, 9.17) is 9.25 Å². The van der Waals surface area contributed by atoms with Crippen molar-refractivity contribution >= 4 is 75.8 Å². The van der Waals surface area contributed by atoms with E-state index in [1.807, 2.05) is 38.1 Å². The molecule has 0 atom stereocenters. The molecule has 0 amide bonds. The predicted octanol–water partition coefficient (Wildman–Crippen LogP) is 11.8. The second kappa shape index (κ2) is 19.8. The SMILES string of the molecule is CCCCC(=N\O)/C(=N\OP(=O)(C(=O)c1ccccc1)C(=O)c1ccccc1)C(=N/OP(=O)(C(=O)c1ccccc1)C(=O)c1ccccc1)/c1ccc2c(c1)c1ccccc1n2CC. The highest BCUT2D eigenvalue weighted by Gasteiger charge is 2.46. The second-order valence-electron chi connectivity index (χ2n) is 14.5. The Labute approximate surface area is 368 Å². The number of aromatic nitrogens is 1. The Morgan fingerprint density at radius 1 is 0.531 bits per heavy atom. The van der Waals surface area contributed by atoms with Gasteiger partial charge in [0.25, 0.3) is 22.1 Å². The number of hydrogen-bond donors (Lipinski definition) is 1. The molecule has 0 radical (unpaired) electrons. The van der Waals surface area contributed by atoms with Gasteiger partial charge in [0, 0.05) is 56.2 Å². The van der Waals surface area contributed by atoms with Crippen LogP contribution in [-0.4, -0.2) is 49.0 Å². The van der Waals surface area contributed by atoms with Gasteiger partial charge in [0.1, 0.15) is 11.4 Å². The molecule has 0 unspecified atom stereocenters. The molecule has 64 heavy (non-hydrogen) atoms. The summed E-state index contributed by atoms with van der Waals surface area (Å²) >= 11 is 0. The molecule has 13 nitrogen and oxygen atoms in total. The molecule has 1 N–H and O–H groups in total. The van der Waals surface area contributed by atoms with Gasteiger partial charge >= 0.3 is 14.7 Å². The molecular formula is C49H42N4O9P2. The molecule has 0 aliphatic carbocycles. The number of para-hydroxylation sites is 1. The molecule has 0 spiro atoms. The molecule has 1 aromatic heterocycles. The fraction of sp³-hybridized carbons (Fsp3) is 0.122. The minimum absolute atomic E-state index is 0.0152. The molecular weight excluding hydrogens is 851 g/mol. The van der Waals surface area contributed by atoms with Crippen molar-refractivity contribution in [3.63, 3.8) is 0 Å². The zero-order valence-electron chi connectivity index (χ0n) is 34.8. The first kappa shape index (κ1) is 44.7. The van der Waals surface area contributed by atoms with Crippen molar-refractivity contribution in [3.05, 3.63) is 192 Å². The van der Waals surface area contributed by atoms with Gasteiger partial charge in [0.2, 0.25) is 0 Å². The van der Waals surface area contributed by atoms with Crippen molar-refractivity contribution in [2.24, 2.45) is 15.5 Å². The topological polar surface area (TPSA) is 183 Å². The monoisotopic (exact) mass is 892 g/mol. The minimum Gasteiger partial charge on any atom is -0.411 e. The summed E-state index contributed by atoms with van der Waals surface area (Å²) in [5.41, 5.74) is -4.30. The average molecular weight is 893 g/mol. The van der Waals surface area contributed by atoms with Crippen molar-refractivity contribution in [1.29, 1.82) is 0 Å². The Morgan fingerprint density at radius 3 is 1.39 bits per heavy atom. The Kier molecular flexibility index (Phi) is 13.8. The highest BCUT2D eigenvalue weighted by atomic mass is 31.2. The third-order valence-corrected chi connectivity index (χ3v) is 14.2. The molecule has 322 valence electrons. The average Bonchev–Trinajstić information content (AvgIpc) is 3.68. The first-order chi connectivity index (χ1) is 31.0. The summed E-state index contributed by atoms with van der Waals surface area (Å²) in [7, 11) is -10.4. The molecule has 0 aliphatic rings. The van der Waals surface area contributed by atoms with Crippen LogP contribution < -0.4 is 0 Å². The smallest absolute Gasteiger partial charge is 0.407 e. The lowest BCUT2D eigenvalue weighted by atomic mass is 9.98. The van der Waals surface area contributed by atoms with Gasteiger partial charge in [-0.2, -0.15) is 0 Å². The second-order valence-corrected chi connectivity index (χ2v) is 18.6. The van der Waals surface area contributed by atoms with Gasteiger partial charge in [0.05, 0.1) is 0 Å². The quantitative estimate of drug-likeness (QED) is 0.0357. The van der Waals surface area contributed by atoms with Crippen LogP contribution in [0.15, 0.2) is 179 Å². The van der Waals surface area contributed by atoms with Crippen LogP contribution in [0.25, 0.3) is 21.8 Å². The van der Waals surface area contributed by atoms with E-state index < -0.39 is 48.3 Å². The van der Waals surface area contributed by atoms with Crippen LogP contribution in [0.3, 0.4) is 0 Å². The van der Waals surface area contributed by atoms with Gasteiger partial charge in [0.15, 0.2) is 5.71 Å². The van der Waals surface area contributed by atoms with Crippen LogP contribution in [0, 0.1) is 0 Å². The first-order valence-corrected chi connectivity index (χ1v) is 23.7. The van der Waals surface area contributed by atoms with Gasteiger partial charge in [-0.25, -0.2) is 0 Å². The molecule has 0 aliphatic heterocycles. The zero-order chi connectivity index (χ0) is 45.3. The van der Waals surface area contributed by atoms with E-state index >= 15 is 9.13 Å². The first-order valence-electron chi connectivity index (χ1n) is 20.4. The van der Waals surface area contributed by atoms with Crippen LogP contribution >= 0.6 is 14.7 Å². The summed E-state index contributed by atoms with van der Waals surface area (Å²) in [6, 6.07) is 42.6. The maximum absolute atomic E-state index is 15.1. The zero-order valence-corrected chi connectivity index (χ0v) is 36.6. The number of oxime groups is 3. The largest absolute Gasteiger partial charge is 0.411 e. The van der Waals surface area contributed by atoms with Gasteiger partial charge in [-0.3, -0.25) is 28.3 Å². The van der Waals surface area contributed by atoms with Crippen molar-refractivity contribution in [2.75, 3.05) is 0 Å². The van der Waals surface area contributed by atoms with Crippen molar-refractivity contribution in [3.8, 4) is 0 Å². The third kappa shape index (κ3) is 8.95. The van der Waals surface area contributed by atoms with E-state index in [9.17, 15) is 24.4 Å². The lowest BCUT2D eigenvalue weighted by Gasteiger charge is -2.18. The van der Waals surface area contributed by atoms with E-state index in [1.54, 1.807) is 42.5 Å². The lowest BCUT2D eigenvalue weighted by molar-refractivity contribution is 0.0984. The van der Waals surface area contributed by atoms with E-state index in [-0.39, 0.29) is 39.9 Å².